The maximum Gasteiger partial charge on any atom is 0.269 e. The van der Waals surface area contributed by atoms with Crippen LogP contribution in [0, 0.1) is 0 Å². The SMILES string of the molecule is C=C(C)CF.CC(=O)Nc1ccc(C(=O)NNC(=O)C2Nc3ccc(cc3)/C(N)=N\COc3cc2ccc3OC(C)C)cc1. The van der Waals surface area contributed by atoms with Gasteiger partial charge in [-0.25, -0.2) is 9.38 Å². The first kappa shape index (κ1) is 33.1. The summed E-state index contributed by atoms with van der Waals surface area (Å²) in [6, 6.07) is 17.6. The van der Waals surface area contributed by atoms with Crippen LogP contribution >= 0.6 is 0 Å². The van der Waals surface area contributed by atoms with Crippen LogP contribution in [0.1, 0.15) is 55.2 Å². The zero-order chi connectivity index (χ0) is 32.2. The summed E-state index contributed by atoms with van der Waals surface area (Å²) in [5.41, 5.74) is 14.4. The van der Waals surface area contributed by atoms with Crippen molar-refractivity contribution < 1.29 is 28.2 Å². The van der Waals surface area contributed by atoms with Gasteiger partial charge in [-0.2, -0.15) is 0 Å². The molecule has 0 aromatic heterocycles. The van der Waals surface area contributed by atoms with E-state index in [0.717, 1.165) is 0 Å². The number of allylic oxidation sites excluding steroid dienone is 1. The number of fused-ring (bicyclic) bond motifs is 5. The van der Waals surface area contributed by atoms with Crippen molar-refractivity contribution in [3.05, 3.63) is 95.6 Å². The van der Waals surface area contributed by atoms with E-state index in [1.54, 1.807) is 61.5 Å². The van der Waals surface area contributed by atoms with E-state index in [-0.39, 0.29) is 25.4 Å². The number of hydrogen-bond donors (Lipinski definition) is 5. The Morgan fingerprint density at radius 2 is 1.73 bits per heavy atom. The second kappa shape index (κ2) is 15.7. The number of alkyl halides is 1. The molecule has 232 valence electrons. The Labute approximate surface area is 255 Å². The van der Waals surface area contributed by atoms with E-state index in [9.17, 15) is 18.8 Å². The van der Waals surface area contributed by atoms with Gasteiger partial charge in [-0.05, 0) is 92.6 Å². The third-order valence-corrected chi connectivity index (χ3v) is 5.87. The van der Waals surface area contributed by atoms with Gasteiger partial charge in [0, 0.05) is 29.4 Å². The number of amidine groups is 1. The fourth-order valence-corrected chi connectivity index (χ4v) is 3.81. The van der Waals surface area contributed by atoms with Gasteiger partial charge in [0.05, 0.1) is 6.10 Å². The van der Waals surface area contributed by atoms with E-state index in [0.29, 0.717) is 51.0 Å². The molecule has 2 aliphatic rings. The number of nitrogens with two attached hydrogens (primary N) is 1. The molecule has 11 nitrogen and oxygen atoms in total. The number of hydrazine groups is 1. The molecule has 12 heteroatoms. The lowest BCUT2D eigenvalue weighted by atomic mass is 10.0. The molecular weight excluding hydrogens is 567 g/mol. The number of hydrogen-bond acceptors (Lipinski definition) is 8. The summed E-state index contributed by atoms with van der Waals surface area (Å²) < 4.78 is 22.8. The fourth-order valence-electron chi connectivity index (χ4n) is 3.81. The smallest absolute Gasteiger partial charge is 0.269 e. The highest BCUT2D eigenvalue weighted by Crippen LogP contribution is 2.33. The maximum atomic E-state index is 13.4. The molecule has 0 aliphatic carbocycles. The first-order chi connectivity index (χ1) is 21.0. The number of benzene rings is 3. The van der Waals surface area contributed by atoms with Gasteiger partial charge in [0.2, 0.25) is 5.91 Å². The Kier molecular flexibility index (Phi) is 11.8. The van der Waals surface area contributed by atoms with Gasteiger partial charge in [0.15, 0.2) is 18.2 Å². The molecule has 5 rings (SSSR count). The highest BCUT2D eigenvalue weighted by Gasteiger charge is 2.24. The van der Waals surface area contributed by atoms with Crippen LogP contribution in [0.4, 0.5) is 15.8 Å². The van der Waals surface area contributed by atoms with Crippen LogP contribution in [-0.2, 0) is 9.59 Å². The summed E-state index contributed by atoms with van der Waals surface area (Å²) >= 11 is 0. The Hall–Kier alpha value is -5.39. The number of anilines is 2. The first-order valence-electron chi connectivity index (χ1n) is 13.7. The zero-order valence-corrected chi connectivity index (χ0v) is 25.1. The molecule has 2 aliphatic heterocycles. The summed E-state index contributed by atoms with van der Waals surface area (Å²) in [4.78, 5) is 41.5. The van der Waals surface area contributed by atoms with E-state index in [1.165, 1.54) is 19.1 Å². The molecule has 0 saturated heterocycles. The van der Waals surface area contributed by atoms with Crippen molar-refractivity contribution in [1.82, 2.24) is 10.9 Å². The molecule has 3 aromatic rings. The Morgan fingerprint density at radius 3 is 2.32 bits per heavy atom. The molecule has 0 fully saturated rings. The van der Waals surface area contributed by atoms with E-state index < -0.39 is 17.9 Å². The van der Waals surface area contributed by atoms with Crippen LogP contribution in [-0.4, -0.2) is 43.1 Å². The van der Waals surface area contributed by atoms with Crippen molar-refractivity contribution in [2.75, 3.05) is 24.0 Å². The van der Waals surface area contributed by atoms with Gasteiger partial charge < -0.3 is 25.8 Å². The van der Waals surface area contributed by atoms with Gasteiger partial charge >= 0.3 is 0 Å². The first-order valence-corrected chi connectivity index (χ1v) is 13.7. The standard InChI is InChI=1S/C28H30N6O5.C4H7F/c1-16(2)39-23-13-8-20-14-24(23)38-15-30-26(29)18-4-9-22(10-5-18)32-25(20)28(37)34-33-27(36)19-6-11-21(12-7-19)31-17(3)35;1-4(2)3-5/h4-14,16,25,32H,15H2,1-3H3,(H2,29,30)(H,31,35)(H,33,36)(H,34,37);1,3H2,2H3. The average molecular weight is 605 g/mol. The van der Waals surface area contributed by atoms with Gasteiger partial charge in [-0.1, -0.05) is 12.6 Å². The molecule has 4 bridgehead atoms. The predicted octanol–water partition coefficient (Wildman–Crippen LogP) is 4.63. The predicted molar refractivity (Wildman–Crippen MR) is 168 cm³/mol. The maximum absolute atomic E-state index is 13.4. The molecule has 6 N–H and O–H groups in total. The number of halogens is 1. The van der Waals surface area contributed by atoms with Crippen molar-refractivity contribution in [3.63, 3.8) is 0 Å². The third kappa shape index (κ3) is 9.86. The Morgan fingerprint density at radius 1 is 1.07 bits per heavy atom. The van der Waals surface area contributed by atoms with Crippen molar-refractivity contribution >= 4 is 34.9 Å². The van der Waals surface area contributed by atoms with Crippen LogP contribution in [0.3, 0.4) is 0 Å². The molecule has 0 radical (unpaired) electrons. The number of amides is 3. The number of rotatable bonds is 6. The number of carbonyl (C=O) groups excluding carboxylic acids is 3. The molecule has 1 atom stereocenters. The van der Waals surface area contributed by atoms with Crippen LogP contribution < -0.4 is 36.7 Å². The van der Waals surface area contributed by atoms with E-state index in [2.05, 4.69) is 33.1 Å². The number of nitrogens with one attached hydrogen (secondary N) is 4. The summed E-state index contributed by atoms with van der Waals surface area (Å²) in [6.45, 7) is 9.70. The second-order valence-electron chi connectivity index (χ2n) is 10.1. The molecule has 3 amide bonds. The normalized spacial score (nSPS) is 14.8. The average Bonchev–Trinajstić information content (AvgIpc) is 3.00. The summed E-state index contributed by atoms with van der Waals surface area (Å²) in [6.07, 6.45) is -0.107. The Bertz CT molecular complexity index is 1510. The second-order valence-corrected chi connectivity index (χ2v) is 10.1. The zero-order valence-electron chi connectivity index (χ0n) is 25.1. The number of ether oxygens (including phenoxy) is 2. The van der Waals surface area contributed by atoms with Gasteiger partial charge in [-0.3, -0.25) is 25.2 Å². The molecule has 0 spiro atoms. The topological polar surface area (TPSA) is 156 Å². The third-order valence-electron chi connectivity index (χ3n) is 5.87. The summed E-state index contributed by atoms with van der Waals surface area (Å²) in [5.74, 6) is -0.0660. The van der Waals surface area contributed by atoms with Crippen molar-refractivity contribution in [2.45, 2.75) is 39.8 Å². The molecule has 0 saturated carbocycles. The van der Waals surface area contributed by atoms with Gasteiger partial charge in [-0.15, -0.1) is 0 Å². The minimum absolute atomic E-state index is 0.0490. The monoisotopic (exact) mass is 604 g/mol. The number of carbonyl (C=O) groups is 3. The van der Waals surface area contributed by atoms with Crippen LogP contribution in [0.25, 0.3) is 0 Å². The quantitative estimate of drug-likeness (QED) is 0.203. The van der Waals surface area contributed by atoms with E-state index in [4.69, 9.17) is 15.2 Å². The lowest BCUT2D eigenvalue weighted by molar-refractivity contribution is -0.122. The lowest BCUT2D eigenvalue weighted by Crippen LogP contribution is -2.45. The number of aliphatic imine (C=N–C) groups is 1. The summed E-state index contributed by atoms with van der Waals surface area (Å²) in [5, 5.41) is 5.83. The van der Waals surface area contributed by atoms with Crippen LogP contribution in [0.15, 0.2) is 83.9 Å². The minimum atomic E-state index is -0.909. The molecular formula is C32H37FN6O5. The minimum Gasteiger partial charge on any atom is -0.487 e. The largest absolute Gasteiger partial charge is 0.487 e. The van der Waals surface area contributed by atoms with Crippen molar-refractivity contribution in [1.29, 1.82) is 0 Å². The summed E-state index contributed by atoms with van der Waals surface area (Å²) in [7, 11) is 0. The number of nitrogens with zero attached hydrogens (tertiary/aromatic N) is 1. The van der Waals surface area contributed by atoms with Gasteiger partial charge in [0.1, 0.15) is 18.6 Å². The van der Waals surface area contributed by atoms with Crippen LogP contribution in [0.5, 0.6) is 11.5 Å². The van der Waals surface area contributed by atoms with Crippen molar-refractivity contribution in [2.24, 2.45) is 10.7 Å². The molecule has 3 aromatic carbocycles. The van der Waals surface area contributed by atoms with Crippen molar-refractivity contribution in [3.8, 4) is 11.5 Å². The molecule has 44 heavy (non-hydrogen) atoms. The molecule has 2 heterocycles. The molecule has 1 unspecified atom stereocenters. The van der Waals surface area contributed by atoms with Crippen LogP contribution in [0.2, 0.25) is 0 Å². The fraction of sp³-hybridized carbons (Fsp3) is 0.250. The van der Waals surface area contributed by atoms with Gasteiger partial charge in [0.25, 0.3) is 11.8 Å². The highest BCUT2D eigenvalue weighted by molar-refractivity contribution is 5.98. The van der Waals surface area contributed by atoms with E-state index >= 15 is 0 Å². The Balaban J connectivity index is 0.000000978. The van der Waals surface area contributed by atoms with E-state index in [1.807, 2.05) is 13.8 Å². The lowest BCUT2D eigenvalue weighted by Gasteiger charge is -2.22. The highest BCUT2D eigenvalue weighted by atomic mass is 19.1.